The molecule has 0 bridgehead atoms. The Bertz CT molecular complexity index is 447. The molecule has 0 N–H and O–H groups in total. The molecule has 2 nitrogen and oxygen atoms in total. The summed E-state index contributed by atoms with van der Waals surface area (Å²) in [5.41, 5.74) is 0.852. The summed E-state index contributed by atoms with van der Waals surface area (Å²) in [5, 5.41) is 0. The van der Waals surface area contributed by atoms with Gasteiger partial charge in [0.1, 0.15) is 11.4 Å². The standard InChI is InChI=1S/C12H13BrFNO/c1-8-6-16-7-12(2,15-8)10-5-9(13)3-4-11(10)14/h3-5H,6-7H2,1-2H3. The van der Waals surface area contributed by atoms with Crippen LogP contribution in [0.25, 0.3) is 0 Å². The molecule has 0 radical (unpaired) electrons. The predicted molar refractivity (Wildman–Crippen MR) is 65.4 cm³/mol. The largest absolute Gasteiger partial charge is 0.373 e. The number of ether oxygens (including phenoxy) is 1. The Morgan fingerprint density at radius 2 is 2.25 bits per heavy atom. The van der Waals surface area contributed by atoms with E-state index in [1.54, 1.807) is 12.1 Å². The van der Waals surface area contributed by atoms with Crippen LogP contribution in [0.4, 0.5) is 4.39 Å². The highest BCUT2D eigenvalue weighted by Gasteiger charge is 2.32. The van der Waals surface area contributed by atoms with E-state index in [0.29, 0.717) is 18.8 Å². The average Bonchev–Trinajstić information content (AvgIpc) is 2.21. The van der Waals surface area contributed by atoms with E-state index >= 15 is 0 Å². The van der Waals surface area contributed by atoms with E-state index in [1.807, 2.05) is 13.8 Å². The monoisotopic (exact) mass is 285 g/mol. The van der Waals surface area contributed by atoms with Crippen molar-refractivity contribution in [2.24, 2.45) is 4.99 Å². The van der Waals surface area contributed by atoms with Crippen LogP contribution in [-0.2, 0) is 10.3 Å². The number of hydrogen-bond acceptors (Lipinski definition) is 2. The minimum Gasteiger partial charge on any atom is -0.373 e. The van der Waals surface area contributed by atoms with Crippen molar-refractivity contribution in [1.29, 1.82) is 0 Å². The van der Waals surface area contributed by atoms with Crippen LogP contribution in [0.2, 0.25) is 0 Å². The second kappa shape index (κ2) is 4.26. The van der Waals surface area contributed by atoms with E-state index in [-0.39, 0.29) is 5.82 Å². The van der Waals surface area contributed by atoms with Crippen molar-refractivity contribution in [2.75, 3.05) is 13.2 Å². The van der Waals surface area contributed by atoms with Gasteiger partial charge in [-0.15, -0.1) is 0 Å². The van der Waals surface area contributed by atoms with E-state index in [4.69, 9.17) is 4.74 Å². The molecule has 0 aliphatic carbocycles. The second-order valence-corrected chi connectivity index (χ2v) is 5.15. The van der Waals surface area contributed by atoms with Crippen LogP contribution in [0.5, 0.6) is 0 Å². The molecule has 1 unspecified atom stereocenters. The number of nitrogens with zero attached hydrogens (tertiary/aromatic N) is 1. The molecule has 1 heterocycles. The van der Waals surface area contributed by atoms with Crippen molar-refractivity contribution in [3.05, 3.63) is 34.1 Å². The van der Waals surface area contributed by atoms with E-state index in [1.165, 1.54) is 6.07 Å². The van der Waals surface area contributed by atoms with Crippen LogP contribution in [0.3, 0.4) is 0 Å². The summed E-state index contributed by atoms with van der Waals surface area (Å²) in [6, 6.07) is 4.90. The van der Waals surface area contributed by atoms with Crippen molar-refractivity contribution in [3.63, 3.8) is 0 Å². The highest BCUT2D eigenvalue weighted by Crippen LogP contribution is 2.32. The summed E-state index contributed by atoms with van der Waals surface area (Å²) in [7, 11) is 0. The smallest absolute Gasteiger partial charge is 0.129 e. The first kappa shape index (κ1) is 11.7. The zero-order valence-electron chi connectivity index (χ0n) is 9.26. The van der Waals surface area contributed by atoms with E-state index in [0.717, 1.165) is 10.2 Å². The Morgan fingerprint density at radius 1 is 1.50 bits per heavy atom. The maximum atomic E-state index is 13.8. The van der Waals surface area contributed by atoms with Gasteiger partial charge in [-0.3, -0.25) is 4.99 Å². The van der Waals surface area contributed by atoms with Gasteiger partial charge in [0.2, 0.25) is 0 Å². The first-order valence-corrected chi connectivity index (χ1v) is 5.89. The molecule has 0 spiro atoms. The lowest BCUT2D eigenvalue weighted by atomic mass is 9.92. The molecule has 1 aromatic rings. The summed E-state index contributed by atoms with van der Waals surface area (Å²) in [6.07, 6.45) is 0. The zero-order chi connectivity index (χ0) is 11.8. The van der Waals surface area contributed by atoms with Gasteiger partial charge in [0, 0.05) is 15.7 Å². The Hall–Kier alpha value is -0.740. The molecular weight excluding hydrogens is 273 g/mol. The predicted octanol–water partition coefficient (Wildman–Crippen LogP) is 3.29. The van der Waals surface area contributed by atoms with Crippen molar-refractivity contribution in [2.45, 2.75) is 19.4 Å². The number of halogens is 2. The molecule has 4 heteroatoms. The van der Waals surface area contributed by atoms with Crippen LogP contribution in [0, 0.1) is 5.82 Å². The van der Waals surface area contributed by atoms with Crippen molar-refractivity contribution in [1.82, 2.24) is 0 Å². The summed E-state index contributed by atoms with van der Waals surface area (Å²) in [4.78, 5) is 4.52. The highest BCUT2D eigenvalue weighted by molar-refractivity contribution is 9.10. The lowest BCUT2D eigenvalue weighted by Gasteiger charge is -2.30. The molecule has 1 aromatic carbocycles. The molecular formula is C12H13BrFNO. The molecule has 0 amide bonds. The van der Waals surface area contributed by atoms with Gasteiger partial charge in [-0.25, -0.2) is 4.39 Å². The normalized spacial score (nSPS) is 25.4. The van der Waals surface area contributed by atoms with Crippen molar-refractivity contribution in [3.8, 4) is 0 Å². The summed E-state index contributed by atoms with van der Waals surface area (Å²) in [6.45, 7) is 4.73. The van der Waals surface area contributed by atoms with E-state index in [2.05, 4.69) is 20.9 Å². The van der Waals surface area contributed by atoms with Gasteiger partial charge in [0.15, 0.2) is 0 Å². The van der Waals surface area contributed by atoms with Crippen LogP contribution in [0.1, 0.15) is 19.4 Å². The van der Waals surface area contributed by atoms with Gasteiger partial charge in [0.25, 0.3) is 0 Å². The van der Waals surface area contributed by atoms with Crippen LogP contribution >= 0.6 is 15.9 Å². The van der Waals surface area contributed by atoms with E-state index in [9.17, 15) is 4.39 Å². The van der Waals surface area contributed by atoms with Crippen molar-refractivity contribution >= 4 is 21.6 Å². The molecule has 16 heavy (non-hydrogen) atoms. The molecule has 0 fully saturated rings. The van der Waals surface area contributed by atoms with Gasteiger partial charge in [-0.2, -0.15) is 0 Å². The third-order valence-corrected chi connectivity index (χ3v) is 3.13. The fourth-order valence-corrected chi connectivity index (χ4v) is 2.29. The molecule has 0 saturated carbocycles. The number of rotatable bonds is 1. The van der Waals surface area contributed by atoms with E-state index < -0.39 is 5.54 Å². The summed E-state index contributed by atoms with van der Waals surface area (Å²) >= 11 is 3.35. The zero-order valence-corrected chi connectivity index (χ0v) is 10.8. The quantitative estimate of drug-likeness (QED) is 0.776. The molecule has 0 aromatic heterocycles. The maximum Gasteiger partial charge on any atom is 0.129 e. The van der Waals surface area contributed by atoms with Crippen LogP contribution in [-0.4, -0.2) is 18.9 Å². The number of benzene rings is 1. The topological polar surface area (TPSA) is 21.6 Å². The molecule has 1 aliphatic rings. The maximum absolute atomic E-state index is 13.8. The van der Waals surface area contributed by atoms with Gasteiger partial charge in [-0.05, 0) is 32.0 Å². The average molecular weight is 286 g/mol. The van der Waals surface area contributed by atoms with Crippen LogP contribution < -0.4 is 0 Å². The van der Waals surface area contributed by atoms with Gasteiger partial charge >= 0.3 is 0 Å². The Labute approximate surface area is 103 Å². The highest BCUT2D eigenvalue weighted by atomic mass is 79.9. The lowest BCUT2D eigenvalue weighted by Crippen LogP contribution is -2.34. The Balaban J connectivity index is 2.50. The fourth-order valence-electron chi connectivity index (χ4n) is 1.93. The first-order chi connectivity index (χ1) is 7.51. The fraction of sp³-hybridized carbons (Fsp3) is 0.417. The summed E-state index contributed by atoms with van der Waals surface area (Å²) in [5.74, 6) is -0.243. The van der Waals surface area contributed by atoms with Crippen molar-refractivity contribution < 1.29 is 9.13 Å². The Kier molecular flexibility index (Phi) is 3.13. The molecule has 86 valence electrons. The third-order valence-electron chi connectivity index (χ3n) is 2.64. The molecule has 2 rings (SSSR count). The van der Waals surface area contributed by atoms with Gasteiger partial charge in [-0.1, -0.05) is 15.9 Å². The second-order valence-electron chi connectivity index (χ2n) is 4.24. The van der Waals surface area contributed by atoms with Gasteiger partial charge < -0.3 is 4.74 Å². The summed E-state index contributed by atoms with van der Waals surface area (Å²) < 4.78 is 20.1. The number of aliphatic imine (C=N–C) groups is 1. The molecule has 1 aliphatic heterocycles. The Morgan fingerprint density at radius 3 is 2.94 bits per heavy atom. The van der Waals surface area contributed by atoms with Crippen LogP contribution in [0.15, 0.2) is 27.7 Å². The minimum absolute atomic E-state index is 0.243. The molecule has 1 atom stereocenters. The SMILES string of the molecule is CC1=NC(C)(c2cc(Br)ccc2F)COC1. The lowest BCUT2D eigenvalue weighted by molar-refractivity contribution is 0.104. The minimum atomic E-state index is -0.615. The molecule has 0 saturated heterocycles. The van der Waals surface area contributed by atoms with Gasteiger partial charge in [0.05, 0.1) is 13.2 Å². The number of hydrogen-bond donors (Lipinski definition) is 0. The first-order valence-electron chi connectivity index (χ1n) is 5.10. The third kappa shape index (κ3) is 2.18.